The molecule has 5 heteroatoms. The van der Waals surface area contributed by atoms with Gasteiger partial charge < -0.3 is 14.7 Å². The molecule has 1 N–H and O–H groups in total. The van der Waals surface area contributed by atoms with Crippen LogP contribution >= 0.6 is 0 Å². The number of carboxylic acid groups (broad SMARTS) is 1. The minimum Gasteiger partial charge on any atom is -0.496 e. The third-order valence-electron chi connectivity index (χ3n) is 3.93. The molecule has 0 bridgehead atoms. The summed E-state index contributed by atoms with van der Waals surface area (Å²) in [5.41, 5.74) is 1.96. The molecular weight excluding hydrogens is 270 g/mol. The molecule has 0 saturated carbocycles. The smallest absolute Gasteiger partial charge is 0.303 e. The Bertz CT molecular complexity index is 541. The predicted octanol–water partition coefficient (Wildman–Crippen LogP) is 1.87. The fraction of sp³-hybridized carbons (Fsp3) is 0.500. The van der Waals surface area contributed by atoms with E-state index in [0.717, 1.165) is 23.3 Å². The number of rotatable bonds is 5. The maximum atomic E-state index is 12.3. The first-order chi connectivity index (χ1) is 9.99. The first kappa shape index (κ1) is 15.4. The molecule has 0 aromatic heterocycles. The molecule has 1 aromatic rings. The van der Waals surface area contributed by atoms with Gasteiger partial charge in [-0.25, -0.2) is 0 Å². The van der Waals surface area contributed by atoms with Gasteiger partial charge in [-0.05, 0) is 36.5 Å². The summed E-state index contributed by atoms with van der Waals surface area (Å²) in [5.74, 6) is 0.121. The Morgan fingerprint density at radius 1 is 1.43 bits per heavy atom. The summed E-state index contributed by atoms with van der Waals surface area (Å²) >= 11 is 0. The topological polar surface area (TPSA) is 66.8 Å². The van der Waals surface area contributed by atoms with Crippen LogP contribution in [0.5, 0.6) is 5.75 Å². The minimum atomic E-state index is -0.794. The summed E-state index contributed by atoms with van der Waals surface area (Å²) in [6, 6.07) is 5.76. The maximum absolute atomic E-state index is 12.3. The molecule has 0 radical (unpaired) electrons. The van der Waals surface area contributed by atoms with Crippen molar-refractivity contribution in [2.24, 2.45) is 5.92 Å². The van der Waals surface area contributed by atoms with E-state index in [0.29, 0.717) is 19.5 Å². The molecule has 1 fully saturated rings. The number of benzene rings is 1. The third-order valence-corrected chi connectivity index (χ3v) is 3.93. The molecule has 5 nitrogen and oxygen atoms in total. The number of nitrogens with zero attached hydrogens (tertiary/aromatic N) is 1. The van der Waals surface area contributed by atoms with E-state index in [4.69, 9.17) is 9.84 Å². The Kier molecular flexibility index (Phi) is 4.83. The highest BCUT2D eigenvalue weighted by molar-refractivity contribution is 5.79. The molecule has 1 atom stereocenters. The van der Waals surface area contributed by atoms with Gasteiger partial charge in [0.05, 0.1) is 13.5 Å². The highest BCUT2D eigenvalue weighted by Gasteiger charge is 2.27. The number of aliphatic carboxylic acids is 1. The van der Waals surface area contributed by atoms with Gasteiger partial charge >= 0.3 is 5.97 Å². The number of carbonyl (C=O) groups is 2. The molecule has 114 valence electrons. The van der Waals surface area contributed by atoms with Crippen molar-refractivity contribution < 1.29 is 19.4 Å². The monoisotopic (exact) mass is 291 g/mol. The lowest BCUT2D eigenvalue weighted by Crippen LogP contribution is -2.30. The average molecular weight is 291 g/mol. The van der Waals surface area contributed by atoms with Gasteiger partial charge in [0.15, 0.2) is 0 Å². The number of carboxylic acids is 1. The van der Waals surface area contributed by atoms with Crippen molar-refractivity contribution in [2.75, 3.05) is 20.2 Å². The van der Waals surface area contributed by atoms with E-state index in [9.17, 15) is 9.59 Å². The number of aryl methyl sites for hydroxylation is 1. The van der Waals surface area contributed by atoms with E-state index in [-0.39, 0.29) is 18.2 Å². The molecule has 0 spiro atoms. The summed E-state index contributed by atoms with van der Waals surface area (Å²) in [6.07, 6.45) is 1.24. The molecule has 2 rings (SSSR count). The van der Waals surface area contributed by atoms with Crippen molar-refractivity contribution in [1.29, 1.82) is 0 Å². The van der Waals surface area contributed by atoms with Crippen LogP contribution in [0.2, 0.25) is 0 Å². The van der Waals surface area contributed by atoms with E-state index >= 15 is 0 Å². The van der Waals surface area contributed by atoms with Crippen LogP contribution in [0, 0.1) is 12.8 Å². The van der Waals surface area contributed by atoms with Gasteiger partial charge in [-0.15, -0.1) is 0 Å². The average Bonchev–Trinajstić information content (AvgIpc) is 2.88. The molecular formula is C16H21NO4. The Hall–Kier alpha value is -2.04. The fourth-order valence-corrected chi connectivity index (χ4v) is 2.73. The van der Waals surface area contributed by atoms with Crippen LogP contribution in [0.3, 0.4) is 0 Å². The largest absolute Gasteiger partial charge is 0.496 e. The van der Waals surface area contributed by atoms with Gasteiger partial charge in [0, 0.05) is 19.5 Å². The summed E-state index contributed by atoms with van der Waals surface area (Å²) < 4.78 is 5.26. The fourth-order valence-electron chi connectivity index (χ4n) is 2.73. The van der Waals surface area contributed by atoms with Crippen LogP contribution in [0.1, 0.15) is 24.0 Å². The molecule has 1 amide bonds. The molecule has 0 aliphatic carbocycles. The Balaban J connectivity index is 1.94. The number of methoxy groups -OCH3 is 1. The number of ether oxygens (including phenoxy) is 1. The maximum Gasteiger partial charge on any atom is 0.303 e. The number of carbonyl (C=O) groups excluding carboxylic acids is 1. The van der Waals surface area contributed by atoms with Gasteiger partial charge in [0.1, 0.15) is 5.75 Å². The normalized spacial score (nSPS) is 17.8. The van der Waals surface area contributed by atoms with E-state index in [1.807, 2.05) is 25.1 Å². The lowest BCUT2D eigenvalue weighted by atomic mass is 10.1. The van der Waals surface area contributed by atoms with Crippen LogP contribution in [-0.4, -0.2) is 42.1 Å². The van der Waals surface area contributed by atoms with Crippen molar-refractivity contribution >= 4 is 11.9 Å². The van der Waals surface area contributed by atoms with Crippen LogP contribution < -0.4 is 4.74 Å². The quantitative estimate of drug-likeness (QED) is 0.899. The lowest BCUT2D eigenvalue weighted by molar-refractivity contribution is -0.138. The van der Waals surface area contributed by atoms with E-state index in [2.05, 4.69) is 0 Å². The van der Waals surface area contributed by atoms with Crippen LogP contribution in [-0.2, 0) is 16.0 Å². The Morgan fingerprint density at radius 2 is 2.19 bits per heavy atom. The van der Waals surface area contributed by atoms with Gasteiger partial charge in [0.2, 0.25) is 5.91 Å². The molecule has 1 aromatic carbocycles. The van der Waals surface area contributed by atoms with Gasteiger partial charge in [-0.3, -0.25) is 9.59 Å². The molecule has 1 saturated heterocycles. The molecule has 1 aliphatic rings. The van der Waals surface area contributed by atoms with Gasteiger partial charge in [-0.1, -0.05) is 12.1 Å². The summed E-state index contributed by atoms with van der Waals surface area (Å²) in [5, 5.41) is 8.80. The van der Waals surface area contributed by atoms with Crippen molar-refractivity contribution in [3.05, 3.63) is 29.3 Å². The second kappa shape index (κ2) is 6.61. The van der Waals surface area contributed by atoms with Crippen molar-refractivity contribution in [3.63, 3.8) is 0 Å². The second-order valence-corrected chi connectivity index (χ2v) is 5.57. The number of amides is 1. The van der Waals surface area contributed by atoms with Crippen molar-refractivity contribution in [3.8, 4) is 5.75 Å². The van der Waals surface area contributed by atoms with Gasteiger partial charge in [-0.2, -0.15) is 0 Å². The standard InChI is InChI=1S/C16H21NO4/c1-11-3-4-12(7-14(11)21-2)8-15(18)17-6-5-13(10-17)9-16(19)20/h3-4,7,13H,5-6,8-10H2,1-2H3,(H,19,20). The zero-order valence-electron chi connectivity index (χ0n) is 12.5. The lowest BCUT2D eigenvalue weighted by Gasteiger charge is -2.16. The number of hydrogen-bond donors (Lipinski definition) is 1. The zero-order chi connectivity index (χ0) is 15.4. The highest BCUT2D eigenvalue weighted by atomic mass is 16.5. The SMILES string of the molecule is COc1cc(CC(=O)N2CCC(CC(=O)O)C2)ccc1C. The molecule has 1 aliphatic heterocycles. The Labute approximate surface area is 124 Å². The first-order valence-electron chi connectivity index (χ1n) is 7.12. The first-order valence-corrected chi connectivity index (χ1v) is 7.12. The second-order valence-electron chi connectivity index (χ2n) is 5.57. The predicted molar refractivity (Wildman–Crippen MR) is 78.4 cm³/mol. The number of likely N-dealkylation sites (tertiary alicyclic amines) is 1. The summed E-state index contributed by atoms with van der Waals surface area (Å²) in [4.78, 5) is 24.7. The van der Waals surface area contributed by atoms with E-state index < -0.39 is 5.97 Å². The number of hydrogen-bond acceptors (Lipinski definition) is 3. The highest BCUT2D eigenvalue weighted by Crippen LogP contribution is 2.22. The summed E-state index contributed by atoms with van der Waals surface area (Å²) in [6.45, 7) is 3.16. The molecule has 1 heterocycles. The van der Waals surface area contributed by atoms with E-state index in [1.165, 1.54) is 0 Å². The minimum absolute atomic E-state index is 0.0498. The van der Waals surface area contributed by atoms with Crippen LogP contribution in [0.4, 0.5) is 0 Å². The molecule has 21 heavy (non-hydrogen) atoms. The Morgan fingerprint density at radius 3 is 2.86 bits per heavy atom. The summed E-state index contributed by atoms with van der Waals surface area (Å²) in [7, 11) is 1.62. The van der Waals surface area contributed by atoms with Crippen LogP contribution in [0.25, 0.3) is 0 Å². The zero-order valence-corrected chi connectivity index (χ0v) is 12.5. The van der Waals surface area contributed by atoms with Gasteiger partial charge in [0.25, 0.3) is 0 Å². The van der Waals surface area contributed by atoms with Crippen molar-refractivity contribution in [2.45, 2.75) is 26.2 Å². The van der Waals surface area contributed by atoms with Crippen molar-refractivity contribution in [1.82, 2.24) is 4.90 Å². The van der Waals surface area contributed by atoms with Crippen LogP contribution in [0.15, 0.2) is 18.2 Å². The van der Waals surface area contributed by atoms with E-state index in [1.54, 1.807) is 12.0 Å². The molecule has 1 unspecified atom stereocenters. The third kappa shape index (κ3) is 3.97.